The lowest BCUT2D eigenvalue weighted by atomic mass is 10.1. The third-order valence-corrected chi connectivity index (χ3v) is 5.76. The van der Waals surface area contributed by atoms with Crippen LogP contribution in [0.3, 0.4) is 0 Å². The number of carbonyl (C=O) groups is 1. The second-order valence-electron chi connectivity index (χ2n) is 8.60. The lowest BCUT2D eigenvalue weighted by molar-refractivity contribution is -0.274. The second kappa shape index (κ2) is 10.8. The lowest BCUT2D eigenvalue weighted by Crippen LogP contribution is -2.17. The second-order valence-corrected chi connectivity index (χ2v) is 8.60. The zero-order valence-electron chi connectivity index (χ0n) is 20.7. The summed E-state index contributed by atoms with van der Waals surface area (Å²) in [4.78, 5) is 13.1. The van der Waals surface area contributed by atoms with Gasteiger partial charge in [-0.1, -0.05) is 30.3 Å². The van der Waals surface area contributed by atoms with E-state index in [9.17, 15) is 31.1 Å². The normalized spacial score (nSPS) is 11.8. The van der Waals surface area contributed by atoms with Gasteiger partial charge in [0.2, 0.25) is 0 Å². The molecule has 0 radical (unpaired) electrons. The number of rotatable bonds is 7. The summed E-state index contributed by atoms with van der Waals surface area (Å²) in [6.45, 7) is 3.11. The van der Waals surface area contributed by atoms with Crippen molar-refractivity contribution in [2.24, 2.45) is 0 Å². The molecule has 0 saturated carbocycles. The molecular weight excluding hydrogens is 526 g/mol. The molecule has 11 heteroatoms. The van der Waals surface area contributed by atoms with Crippen LogP contribution in [0.5, 0.6) is 11.5 Å². The monoisotopic (exact) mass is 548 g/mol. The number of amides is 1. The molecule has 0 fully saturated rings. The molecule has 1 amide bonds. The van der Waals surface area contributed by atoms with Crippen LogP contribution in [-0.4, -0.2) is 16.8 Å². The molecule has 0 spiro atoms. The lowest BCUT2D eigenvalue weighted by Gasteiger charge is -2.17. The topological polar surface area (TPSA) is 52.5 Å². The summed E-state index contributed by atoms with van der Waals surface area (Å²) in [5.74, 6) is -0.576. The van der Waals surface area contributed by atoms with Gasteiger partial charge in [-0.25, -0.2) is 0 Å². The molecule has 39 heavy (non-hydrogen) atoms. The molecular formula is C28H22F6N2O3. The Morgan fingerprint density at radius 3 is 2.26 bits per heavy atom. The van der Waals surface area contributed by atoms with Crippen molar-refractivity contribution < 1.29 is 40.6 Å². The highest BCUT2D eigenvalue weighted by atomic mass is 19.4. The maximum Gasteiger partial charge on any atom is 0.573 e. The van der Waals surface area contributed by atoms with E-state index in [1.807, 2.05) is 0 Å². The zero-order chi connectivity index (χ0) is 28.4. The van der Waals surface area contributed by atoms with Crippen molar-refractivity contribution in [1.29, 1.82) is 0 Å². The van der Waals surface area contributed by atoms with Crippen molar-refractivity contribution in [3.05, 3.63) is 107 Å². The molecule has 0 aliphatic heterocycles. The molecule has 1 heterocycles. The third kappa shape index (κ3) is 6.73. The molecule has 1 N–H and O–H groups in total. The minimum absolute atomic E-state index is 0.0633. The molecule has 204 valence electrons. The van der Waals surface area contributed by atoms with E-state index in [2.05, 4.69) is 10.1 Å². The van der Waals surface area contributed by atoms with Gasteiger partial charge in [0.05, 0.1) is 16.8 Å². The summed E-state index contributed by atoms with van der Waals surface area (Å²) in [6.07, 6.45) is -9.39. The van der Waals surface area contributed by atoms with Crippen LogP contribution in [0.2, 0.25) is 0 Å². The standard InChI is InChI=1S/C28H22F6N2O3/c1-17-13-23(18(2)36(17)25-12-4-3-11-24(25)27(29,30)31)26(37)35-20-8-6-9-21(15-20)38-16-19-7-5-10-22(14-19)39-28(32,33)34/h3-15H,16H2,1-2H3,(H,35,37). The largest absolute Gasteiger partial charge is 0.573 e. The molecule has 5 nitrogen and oxygen atoms in total. The fourth-order valence-electron chi connectivity index (χ4n) is 4.13. The Morgan fingerprint density at radius 1 is 0.846 bits per heavy atom. The molecule has 0 unspecified atom stereocenters. The van der Waals surface area contributed by atoms with Crippen molar-refractivity contribution in [2.45, 2.75) is 33.0 Å². The number of ether oxygens (including phenoxy) is 2. The van der Waals surface area contributed by atoms with Crippen molar-refractivity contribution in [1.82, 2.24) is 4.57 Å². The van der Waals surface area contributed by atoms with Crippen LogP contribution < -0.4 is 14.8 Å². The predicted octanol–water partition coefficient (Wildman–Crippen LogP) is 7.84. The van der Waals surface area contributed by atoms with Gasteiger partial charge in [-0.3, -0.25) is 4.79 Å². The number of benzene rings is 3. The number of aromatic nitrogens is 1. The maximum absolute atomic E-state index is 13.6. The fourth-order valence-corrected chi connectivity index (χ4v) is 4.13. The Hall–Kier alpha value is -4.41. The SMILES string of the molecule is Cc1cc(C(=O)Nc2cccc(OCc3cccc(OC(F)(F)F)c3)c2)c(C)n1-c1ccccc1C(F)(F)F. The average Bonchev–Trinajstić information content (AvgIpc) is 3.15. The van der Waals surface area contributed by atoms with E-state index in [1.54, 1.807) is 38.1 Å². The molecule has 0 aliphatic rings. The molecule has 4 aromatic rings. The summed E-state index contributed by atoms with van der Waals surface area (Å²) < 4.78 is 89.1. The molecule has 0 atom stereocenters. The number of halogens is 6. The quantitative estimate of drug-likeness (QED) is 0.240. The Kier molecular flexibility index (Phi) is 7.62. The molecule has 3 aromatic carbocycles. The van der Waals surface area contributed by atoms with Crippen LogP contribution in [0.15, 0.2) is 78.9 Å². The van der Waals surface area contributed by atoms with Crippen LogP contribution in [0.25, 0.3) is 5.69 Å². The first kappa shape index (κ1) is 27.6. The van der Waals surface area contributed by atoms with E-state index in [1.165, 1.54) is 53.1 Å². The average molecular weight is 548 g/mol. The third-order valence-electron chi connectivity index (χ3n) is 5.76. The van der Waals surface area contributed by atoms with Gasteiger partial charge in [0, 0.05) is 23.1 Å². The first-order valence-electron chi connectivity index (χ1n) is 11.6. The number of nitrogens with one attached hydrogen (secondary N) is 1. The van der Waals surface area contributed by atoms with E-state index in [0.29, 0.717) is 28.4 Å². The van der Waals surface area contributed by atoms with Crippen LogP contribution in [0, 0.1) is 13.8 Å². The molecule has 4 rings (SSSR count). The van der Waals surface area contributed by atoms with E-state index in [-0.39, 0.29) is 23.6 Å². The van der Waals surface area contributed by atoms with Gasteiger partial charge in [0.1, 0.15) is 18.1 Å². The Morgan fingerprint density at radius 2 is 1.54 bits per heavy atom. The Bertz CT molecular complexity index is 1490. The smallest absolute Gasteiger partial charge is 0.489 e. The molecule has 0 saturated heterocycles. The van der Waals surface area contributed by atoms with Gasteiger partial charge in [-0.05, 0) is 61.9 Å². The number of carbonyl (C=O) groups excluding carboxylic acids is 1. The molecule has 1 aromatic heterocycles. The summed E-state index contributed by atoms with van der Waals surface area (Å²) in [5, 5.41) is 2.71. The van der Waals surface area contributed by atoms with Crippen LogP contribution >= 0.6 is 0 Å². The van der Waals surface area contributed by atoms with Crippen molar-refractivity contribution in [2.75, 3.05) is 5.32 Å². The van der Waals surface area contributed by atoms with Gasteiger partial charge in [0.15, 0.2) is 0 Å². The first-order chi connectivity index (χ1) is 18.3. The van der Waals surface area contributed by atoms with Gasteiger partial charge in [-0.15, -0.1) is 13.2 Å². The Labute approximate surface area is 219 Å². The number of aryl methyl sites for hydroxylation is 1. The van der Waals surface area contributed by atoms with Gasteiger partial charge in [0.25, 0.3) is 5.91 Å². The highest BCUT2D eigenvalue weighted by Gasteiger charge is 2.34. The van der Waals surface area contributed by atoms with Crippen LogP contribution in [-0.2, 0) is 12.8 Å². The fraction of sp³-hybridized carbons (Fsp3) is 0.179. The van der Waals surface area contributed by atoms with Crippen LogP contribution in [0.4, 0.5) is 32.0 Å². The number of hydrogen-bond donors (Lipinski definition) is 1. The molecule has 0 bridgehead atoms. The van der Waals surface area contributed by atoms with E-state index in [0.717, 1.165) is 6.07 Å². The minimum Gasteiger partial charge on any atom is -0.489 e. The highest BCUT2D eigenvalue weighted by molar-refractivity contribution is 6.05. The maximum atomic E-state index is 13.6. The van der Waals surface area contributed by atoms with Gasteiger partial charge < -0.3 is 19.4 Å². The number of nitrogens with zero attached hydrogens (tertiary/aromatic N) is 1. The Balaban J connectivity index is 1.49. The highest BCUT2D eigenvalue weighted by Crippen LogP contribution is 2.35. The van der Waals surface area contributed by atoms with E-state index >= 15 is 0 Å². The van der Waals surface area contributed by atoms with Crippen molar-refractivity contribution in [3.63, 3.8) is 0 Å². The summed E-state index contributed by atoms with van der Waals surface area (Å²) in [5.41, 5.74) is 0.846. The van der Waals surface area contributed by atoms with Crippen molar-refractivity contribution in [3.8, 4) is 17.2 Å². The van der Waals surface area contributed by atoms with Crippen molar-refractivity contribution >= 4 is 11.6 Å². The number of anilines is 1. The van der Waals surface area contributed by atoms with Gasteiger partial charge >= 0.3 is 12.5 Å². The number of alkyl halides is 6. The summed E-state index contributed by atoms with van der Waals surface area (Å²) >= 11 is 0. The van der Waals surface area contributed by atoms with E-state index < -0.39 is 24.0 Å². The number of hydrogen-bond acceptors (Lipinski definition) is 3. The zero-order valence-corrected chi connectivity index (χ0v) is 20.7. The van der Waals surface area contributed by atoms with Crippen LogP contribution in [0.1, 0.15) is 32.9 Å². The predicted molar refractivity (Wildman–Crippen MR) is 132 cm³/mol. The summed E-state index contributed by atoms with van der Waals surface area (Å²) in [7, 11) is 0. The first-order valence-corrected chi connectivity index (χ1v) is 11.6. The minimum atomic E-state index is -4.81. The summed E-state index contributed by atoms with van der Waals surface area (Å²) in [6, 6.07) is 18.3. The molecule has 0 aliphatic carbocycles. The van der Waals surface area contributed by atoms with E-state index in [4.69, 9.17) is 4.74 Å². The number of para-hydroxylation sites is 1. The van der Waals surface area contributed by atoms with Gasteiger partial charge in [-0.2, -0.15) is 13.2 Å².